The van der Waals surface area contributed by atoms with Crippen molar-refractivity contribution in [1.82, 2.24) is 19.8 Å². The fourth-order valence-corrected chi connectivity index (χ4v) is 4.11. The smallest absolute Gasteiger partial charge is 0.368 e. The van der Waals surface area contributed by atoms with E-state index < -0.39 is 0 Å². The molecule has 2 aromatic carbocycles. The van der Waals surface area contributed by atoms with Crippen LogP contribution in [0.3, 0.4) is 0 Å². The van der Waals surface area contributed by atoms with E-state index in [1.54, 1.807) is 18.4 Å². The first-order valence-electron chi connectivity index (χ1n) is 9.29. The Bertz CT molecular complexity index is 1330. The van der Waals surface area contributed by atoms with E-state index in [2.05, 4.69) is 16.5 Å². The van der Waals surface area contributed by atoms with Crippen LogP contribution < -0.4 is 10.4 Å². The van der Waals surface area contributed by atoms with Crippen LogP contribution in [0.15, 0.2) is 52.6 Å². The van der Waals surface area contributed by atoms with Gasteiger partial charge in [0, 0.05) is 12.6 Å². The number of tetrazole rings is 1. The normalized spacial score (nSPS) is 10.7. The summed E-state index contributed by atoms with van der Waals surface area (Å²) >= 11 is 1.55. The summed E-state index contributed by atoms with van der Waals surface area (Å²) in [5.41, 5.74) is 4.84. The Morgan fingerprint density at radius 2 is 1.97 bits per heavy atom. The monoisotopic (exact) mass is 417 g/mol. The van der Waals surface area contributed by atoms with E-state index in [4.69, 9.17) is 4.74 Å². The minimum absolute atomic E-state index is 0.285. The summed E-state index contributed by atoms with van der Waals surface area (Å²) in [5, 5.41) is 18.9. The van der Waals surface area contributed by atoms with E-state index in [0.717, 1.165) is 32.9 Å². The predicted molar refractivity (Wildman–Crippen MR) is 115 cm³/mol. The minimum Gasteiger partial charge on any atom is -0.489 e. The van der Waals surface area contributed by atoms with E-state index >= 15 is 0 Å². The highest BCUT2D eigenvalue weighted by Crippen LogP contribution is 2.32. The van der Waals surface area contributed by atoms with Crippen molar-refractivity contribution in [3.8, 4) is 27.9 Å². The van der Waals surface area contributed by atoms with Crippen LogP contribution >= 0.6 is 11.3 Å². The zero-order chi connectivity index (χ0) is 21.3. The summed E-state index contributed by atoms with van der Waals surface area (Å²) in [6.07, 6.45) is 0. The zero-order valence-electron chi connectivity index (χ0n) is 16.8. The second-order valence-electron chi connectivity index (χ2n) is 6.91. The predicted octanol–water partition coefficient (Wildman–Crippen LogP) is 3.76. The van der Waals surface area contributed by atoms with E-state index in [1.807, 2.05) is 61.7 Å². The number of rotatable bonds is 5. The average molecular weight is 417 g/mol. The van der Waals surface area contributed by atoms with Crippen LogP contribution in [-0.2, 0) is 13.7 Å². The number of aromatic nitrogens is 4. The van der Waals surface area contributed by atoms with Crippen molar-refractivity contribution in [3.63, 3.8) is 0 Å². The average Bonchev–Trinajstić information content (AvgIpc) is 3.34. The van der Waals surface area contributed by atoms with Gasteiger partial charge < -0.3 is 4.74 Å². The summed E-state index contributed by atoms with van der Waals surface area (Å²) < 4.78 is 8.58. The lowest BCUT2D eigenvalue weighted by molar-refractivity contribution is 0.302. The van der Waals surface area contributed by atoms with Gasteiger partial charge in [-0.25, -0.2) is 4.79 Å². The Kier molecular flexibility index (Phi) is 5.21. The molecule has 0 bridgehead atoms. The third-order valence-electron chi connectivity index (χ3n) is 4.93. The highest BCUT2D eigenvalue weighted by molar-refractivity contribution is 7.13. The van der Waals surface area contributed by atoms with Crippen LogP contribution in [0.5, 0.6) is 5.75 Å². The van der Waals surface area contributed by atoms with Crippen molar-refractivity contribution >= 4 is 11.3 Å². The number of hydrogen-bond donors (Lipinski definition) is 0. The molecule has 0 aliphatic rings. The largest absolute Gasteiger partial charge is 0.489 e. The highest BCUT2D eigenvalue weighted by atomic mass is 32.1. The Morgan fingerprint density at radius 3 is 2.67 bits per heavy atom. The van der Waals surface area contributed by atoms with Gasteiger partial charge in [-0.3, -0.25) is 0 Å². The number of aryl methyl sites for hydroxylation is 3. The molecule has 0 atom stereocenters. The molecule has 4 rings (SSSR count). The number of nitrogens with zero attached hydrogens (tertiary/aromatic N) is 5. The molecule has 0 amide bonds. The fraction of sp³-hybridized carbons (Fsp3) is 0.182. The van der Waals surface area contributed by atoms with E-state index in [9.17, 15) is 10.1 Å². The van der Waals surface area contributed by atoms with Crippen molar-refractivity contribution in [3.05, 3.63) is 80.6 Å². The quantitative estimate of drug-likeness (QED) is 0.493. The van der Waals surface area contributed by atoms with Gasteiger partial charge in [0.05, 0.1) is 16.1 Å². The van der Waals surface area contributed by atoms with Gasteiger partial charge in [-0.15, -0.1) is 11.3 Å². The minimum atomic E-state index is -0.313. The van der Waals surface area contributed by atoms with Gasteiger partial charge in [-0.05, 0) is 76.7 Å². The van der Waals surface area contributed by atoms with Crippen molar-refractivity contribution in [2.75, 3.05) is 0 Å². The number of thiophene rings is 1. The maximum atomic E-state index is 12.3. The van der Waals surface area contributed by atoms with Crippen molar-refractivity contribution in [2.45, 2.75) is 20.5 Å². The lowest BCUT2D eigenvalue weighted by atomic mass is 10.1. The van der Waals surface area contributed by atoms with Crippen LogP contribution in [0.2, 0.25) is 0 Å². The van der Waals surface area contributed by atoms with Crippen LogP contribution in [-0.4, -0.2) is 19.8 Å². The molecule has 0 saturated carbocycles. The molecule has 0 radical (unpaired) electrons. The Hall–Kier alpha value is -3.70. The van der Waals surface area contributed by atoms with Crippen molar-refractivity contribution in [1.29, 1.82) is 5.26 Å². The molecular weight excluding hydrogens is 398 g/mol. The van der Waals surface area contributed by atoms with E-state index in [0.29, 0.717) is 11.3 Å². The van der Waals surface area contributed by atoms with Crippen LogP contribution in [0, 0.1) is 25.2 Å². The summed E-state index contributed by atoms with van der Waals surface area (Å²) in [4.78, 5) is 13.3. The highest BCUT2D eigenvalue weighted by Gasteiger charge is 2.14. The molecule has 2 heterocycles. The molecular formula is C22H19N5O2S. The fourth-order valence-electron chi connectivity index (χ4n) is 3.26. The van der Waals surface area contributed by atoms with E-state index in [1.165, 1.54) is 9.36 Å². The number of ether oxygens (including phenoxy) is 1. The lowest BCUT2D eigenvalue weighted by Crippen LogP contribution is -2.23. The molecule has 30 heavy (non-hydrogen) atoms. The van der Waals surface area contributed by atoms with Gasteiger partial charge in [0.15, 0.2) is 0 Å². The summed E-state index contributed by atoms with van der Waals surface area (Å²) in [6, 6.07) is 15.6. The summed E-state index contributed by atoms with van der Waals surface area (Å²) in [7, 11) is 1.56. The van der Waals surface area contributed by atoms with Gasteiger partial charge in [0.2, 0.25) is 0 Å². The Labute approximate surface area is 177 Å². The zero-order valence-corrected chi connectivity index (χ0v) is 17.6. The molecule has 0 N–H and O–H groups in total. The topological polar surface area (TPSA) is 85.7 Å². The van der Waals surface area contributed by atoms with Crippen LogP contribution in [0.1, 0.15) is 22.3 Å². The summed E-state index contributed by atoms with van der Waals surface area (Å²) in [5.74, 6) is 0.745. The molecule has 8 heteroatoms. The molecule has 0 aliphatic carbocycles. The Balaban J connectivity index is 1.63. The molecule has 150 valence electrons. The molecule has 0 fully saturated rings. The molecule has 2 aromatic heterocycles. The van der Waals surface area contributed by atoms with Gasteiger partial charge in [0.25, 0.3) is 0 Å². The number of benzene rings is 2. The third kappa shape index (κ3) is 3.51. The number of hydrogen-bond acceptors (Lipinski definition) is 6. The second kappa shape index (κ2) is 7.97. The molecule has 0 unspecified atom stereocenters. The molecule has 7 nitrogen and oxygen atoms in total. The number of nitriles is 1. The van der Waals surface area contributed by atoms with Crippen LogP contribution in [0.4, 0.5) is 0 Å². The van der Waals surface area contributed by atoms with E-state index in [-0.39, 0.29) is 12.3 Å². The van der Waals surface area contributed by atoms with Crippen LogP contribution in [0.25, 0.3) is 16.1 Å². The molecule has 0 spiro atoms. The second-order valence-corrected chi connectivity index (χ2v) is 7.83. The van der Waals surface area contributed by atoms with Crippen molar-refractivity contribution in [2.24, 2.45) is 7.05 Å². The lowest BCUT2D eigenvalue weighted by Gasteiger charge is -2.15. The van der Waals surface area contributed by atoms with Crippen molar-refractivity contribution < 1.29 is 4.74 Å². The first kappa shape index (κ1) is 19.6. The first-order chi connectivity index (χ1) is 14.5. The maximum absolute atomic E-state index is 12.3. The van der Waals surface area contributed by atoms with Gasteiger partial charge in [-0.1, -0.05) is 12.1 Å². The molecule has 4 aromatic rings. The van der Waals surface area contributed by atoms with Gasteiger partial charge in [-0.2, -0.15) is 14.6 Å². The summed E-state index contributed by atoms with van der Waals surface area (Å²) in [6.45, 7) is 4.23. The first-order valence-corrected chi connectivity index (χ1v) is 10.2. The molecule has 0 saturated heterocycles. The standard InChI is InChI=1S/C22H19N5O2S/c1-14-5-4-6-19(27-22(28)26(3)24-25-27)18(14)13-29-20-8-7-16(11-15(20)2)21-17(12-23)9-10-30-21/h4-11H,13H2,1-3H3. The Morgan fingerprint density at radius 1 is 1.13 bits per heavy atom. The SMILES string of the molecule is Cc1cc(-c2sccc2C#N)ccc1OCc1c(C)cccc1-n1nnn(C)c1=O. The third-order valence-corrected chi connectivity index (χ3v) is 5.89. The maximum Gasteiger partial charge on any atom is 0.368 e. The molecule has 0 aliphatic heterocycles. The van der Waals surface area contributed by atoms with Gasteiger partial charge >= 0.3 is 5.69 Å². The van der Waals surface area contributed by atoms with Gasteiger partial charge in [0.1, 0.15) is 18.4 Å².